The molecule has 0 aliphatic carbocycles. The minimum absolute atomic E-state index is 0.0204. The maximum Gasteiger partial charge on any atom is 0.243 e. The smallest absolute Gasteiger partial charge is 0.243 e. The first-order chi connectivity index (χ1) is 13.8. The molecule has 8 nitrogen and oxygen atoms in total. The highest BCUT2D eigenvalue weighted by atomic mass is 32.2. The highest BCUT2D eigenvalue weighted by Crippen LogP contribution is 2.32. The van der Waals surface area contributed by atoms with Gasteiger partial charge in [-0.05, 0) is 42.0 Å². The van der Waals surface area contributed by atoms with Crippen LogP contribution >= 0.6 is 0 Å². The van der Waals surface area contributed by atoms with Gasteiger partial charge in [0.25, 0.3) is 0 Å². The Balaban J connectivity index is 1.48. The van der Waals surface area contributed by atoms with Crippen molar-refractivity contribution in [1.29, 1.82) is 0 Å². The molecule has 0 bridgehead atoms. The third kappa shape index (κ3) is 3.91. The molecule has 29 heavy (non-hydrogen) atoms. The summed E-state index contributed by atoms with van der Waals surface area (Å²) in [6, 6.07) is 8.52. The molecule has 1 saturated heterocycles. The molecule has 2 aliphatic heterocycles. The van der Waals surface area contributed by atoms with Gasteiger partial charge >= 0.3 is 0 Å². The molecule has 4 rings (SSSR count). The fraction of sp³-hybridized carbons (Fsp3) is 0.316. The number of nitrogens with one attached hydrogen (secondary N) is 1. The zero-order valence-corrected chi connectivity index (χ0v) is 16.1. The van der Waals surface area contributed by atoms with Crippen LogP contribution in [0.15, 0.2) is 47.4 Å². The van der Waals surface area contributed by atoms with E-state index in [2.05, 4.69) is 5.32 Å². The molecule has 2 heterocycles. The van der Waals surface area contributed by atoms with Crippen LogP contribution in [-0.4, -0.2) is 49.2 Å². The number of carbonyl (C=O) groups is 1. The van der Waals surface area contributed by atoms with Crippen LogP contribution in [-0.2, 0) is 21.4 Å². The Bertz CT molecular complexity index is 1030. The highest BCUT2D eigenvalue weighted by Gasteiger charge is 2.43. The number of rotatable bonds is 5. The van der Waals surface area contributed by atoms with Gasteiger partial charge in [-0.15, -0.1) is 0 Å². The molecular weight excluding hydrogens is 403 g/mol. The van der Waals surface area contributed by atoms with Crippen LogP contribution in [0.3, 0.4) is 0 Å². The summed E-state index contributed by atoms with van der Waals surface area (Å²) in [5.74, 6) is 0.109. The topological polar surface area (TPSA) is 105 Å². The van der Waals surface area contributed by atoms with Crippen molar-refractivity contribution in [1.82, 2.24) is 9.62 Å². The fourth-order valence-corrected chi connectivity index (χ4v) is 5.02. The minimum Gasteiger partial charge on any atom is -0.454 e. The van der Waals surface area contributed by atoms with Crippen molar-refractivity contribution in [3.8, 4) is 11.5 Å². The Hall–Kier alpha value is -2.69. The van der Waals surface area contributed by atoms with Crippen LogP contribution in [0.4, 0.5) is 4.39 Å². The molecule has 2 aliphatic rings. The van der Waals surface area contributed by atoms with Crippen LogP contribution in [0.1, 0.15) is 12.0 Å². The Kier molecular flexibility index (Phi) is 5.15. The second-order valence-corrected chi connectivity index (χ2v) is 8.73. The molecule has 1 fully saturated rings. The summed E-state index contributed by atoms with van der Waals surface area (Å²) in [6.07, 6.45) is -0.987. The van der Waals surface area contributed by atoms with Gasteiger partial charge in [0.05, 0.1) is 11.0 Å². The number of aliphatic hydroxyl groups is 1. The lowest BCUT2D eigenvalue weighted by atomic mass is 10.1. The van der Waals surface area contributed by atoms with E-state index in [1.54, 1.807) is 18.2 Å². The van der Waals surface area contributed by atoms with E-state index in [9.17, 15) is 22.7 Å². The lowest BCUT2D eigenvalue weighted by molar-refractivity contribution is -0.124. The van der Waals surface area contributed by atoms with Crippen LogP contribution in [0.2, 0.25) is 0 Å². The number of ether oxygens (including phenoxy) is 2. The van der Waals surface area contributed by atoms with Crippen molar-refractivity contribution in [3.05, 3.63) is 53.8 Å². The van der Waals surface area contributed by atoms with Crippen LogP contribution in [0.5, 0.6) is 11.5 Å². The normalized spacial score (nSPS) is 21.3. The van der Waals surface area contributed by atoms with Crippen molar-refractivity contribution in [2.24, 2.45) is 0 Å². The average molecular weight is 422 g/mol. The Morgan fingerprint density at radius 1 is 1.17 bits per heavy atom. The van der Waals surface area contributed by atoms with Gasteiger partial charge < -0.3 is 19.9 Å². The van der Waals surface area contributed by atoms with Gasteiger partial charge in [0, 0.05) is 19.5 Å². The number of carbonyl (C=O) groups excluding carboxylic acids is 1. The van der Waals surface area contributed by atoms with Gasteiger partial charge in [-0.3, -0.25) is 4.79 Å². The lowest BCUT2D eigenvalue weighted by Crippen LogP contribution is -2.45. The zero-order valence-electron chi connectivity index (χ0n) is 15.2. The molecule has 2 aromatic rings. The second kappa shape index (κ2) is 7.62. The van der Waals surface area contributed by atoms with E-state index in [-0.39, 0.29) is 31.2 Å². The van der Waals surface area contributed by atoms with E-state index >= 15 is 0 Å². The fourth-order valence-electron chi connectivity index (χ4n) is 3.39. The van der Waals surface area contributed by atoms with Gasteiger partial charge in [0.15, 0.2) is 11.5 Å². The molecule has 0 aromatic heterocycles. The summed E-state index contributed by atoms with van der Waals surface area (Å²) < 4.78 is 50.4. The van der Waals surface area contributed by atoms with E-state index in [0.717, 1.165) is 34.1 Å². The molecule has 2 N–H and O–H groups in total. The van der Waals surface area contributed by atoms with E-state index < -0.39 is 33.9 Å². The molecule has 0 saturated carbocycles. The summed E-state index contributed by atoms with van der Waals surface area (Å²) in [7, 11) is -4.06. The van der Waals surface area contributed by atoms with E-state index in [0.29, 0.717) is 11.5 Å². The molecule has 2 aromatic carbocycles. The summed E-state index contributed by atoms with van der Waals surface area (Å²) in [5, 5.41) is 12.7. The van der Waals surface area contributed by atoms with Crippen LogP contribution < -0.4 is 14.8 Å². The van der Waals surface area contributed by atoms with Gasteiger partial charge in [-0.2, -0.15) is 4.31 Å². The number of hydrogen-bond acceptors (Lipinski definition) is 6. The predicted molar refractivity (Wildman–Crippen MR) is 99.1 cm³/mol. The van der Waals surface area contributed by atoms with E-state index in [4.69, 9.17) is 9.47 Å². The summed E-state index contributed by atoms with van der Waals surface area (Å²) in [4.78, 5) is 12.6. The van der Waals surface area contributed by atoms with Crippen molar-refractivity contribution < 1.29 is 32.2 Å². The maximum atomic E-state index is 13.1. The first kappa shape index (κ1) is 19.6. The Morgan fingerprint density at radius 2 is 1.90 bits per heavy atom. The van der Waals surface area contributed by atoms with Gasteiger partial charge in [0.2, 0.25) is 22.7 Å². The summed E-state index contributed by atoms with van der Waals surface area (Å²) in [5.41, 5.74) is 0.758. The molecule has 10 heteroatoms. The molecule has 0 unspecified atom stereocenters. The van der Waals surface area contributed by atoms with Gasteiger partial charge in [-0.1, -0.05) is 6.07 Å². The van der Waals surface area contributed by atoms with Crippen LogP contribution in [0, 0.1) is 5.82 Å². The molecule has 2 atom stereocenters. The number of nitrogens with zero attached hydrogens (tertiary/aromatic N) is 1. The number of amides is 1. The Morgan fingerprint density at radius 3 is 2.66 bits per heavy atom. The minimum atomic E-state index is -4.06. The standard InChI is InChI=1S/C19H19FN2O6S/c20-13-2-4-15(5-3-13)29(25,26)22-10-14(23)8-16(22)19(24)21-9-12-1-6-17-18(7-12)28-11-27-17/h1-7,14,16,23H,8-11H2,(H,21,24)/t14-,16+/m0/s1. The van der Waals surface area contributed by atoms with E-state index in [1.807, 2.05) is 0 Å². The van der Waals surface area contributed by atoms with Gasteiger partial charge in [-0.25, -0.2) is 12.8 Å². The molecule has 1 amide bonds. The van der Waals surface area contributed by atoms with Crippen molar-refractivity contribution in [3.63, 3.8) is 0 Å². The molecule has 154 valence electrons. The quantitative estimate of drug-likeness (QED) is 0.745. The lowest BCUT2D eigenvalue weighted by Gasteiger charge is -2.23. The number of fused-ring (bicyclic) bond motifs is 1. The van der Waals surface area contributed by atoms with Crippen molar-refractivity contribution in [2.75, 3.05) is 13.3 Å². The molecule has 0 spiro atoms. The Labute approximate surface area is 166 Å². The number of sulfonamides is 1. The monoisotopic (exact) mass is 422 g/mol. The predicted octanol–water partition coefficient (Wildman–Crippen LogP) is 0.995. The number of benzene rings is 2. The first-order valence-electron chi connectivity index (χ1n) is 8.96. The third-order valence-electron chi connectivity index (χ3n) is 4.86. The zero-order chi connectivity index (χ0) is 20.6. The maximum absolute atomic E-state index is 13.1. The third-order valence-corrected chi connectivity index (χ3v) is 6.75. The van der Waals surface area contributed by atoms with Gasteiger partial charge in [0.1, 0.15) is 11.9 Å². The van der Waals surface area contributed by atoms with Crippen molar-refractivity contribution in [2.45, 2.75) is 30.0 Å². The summed E-state index contributed by atoms with van der Waals surface area (Å²) >= 11 is 0. The number of halogens is 1. The van der Waals surface area contributed by atoms with Crippen molar-refractivity contribution >= 4 is 15.9 Å². The number of hydrogen-bond donors (Lipinski definition) is 2. The average Bonchev–Trinajstić information content (AvgIpc) is 3.32. The highest BCUT2D eigenvalue weighted by molar-refractivity contribution is 7.89. The largest absolute Gasteiger partial charge is 0.454 e. The van der Waals surface area contributed by atoms with E-state index in [1.165, 1.54) is 0 Å². The summed E-state index contributed by atoms with van der Waals surface area (Å²) in [6.45, 7) is 0.0929. The van der Waals surface area contributed by atoms with Crippen LogP contribution in [0.25, 0.3) is 0 Å². The second-order valence-electron chi connectivity index (χ2n) is 6.84. The molecular formula is C19H19FN2O6S. The molecule has 0 radical (unpaired) electrons. The first-order valence-corrected chi connectivity index (χ1v) is 10.4. The number of β-amino-alcohol motifs (C(OH)–C–C–N with tert-alkyl or cyclic N) is 1. The SMILES string of the molecule is O=C(NCc1ccc2c(c1)OCO2)[C@H]1C[C@H](O)CN1S(=O)(=O)c1ccc(F)cc1. The number of aliphatic hydroxyl groups excluding tert-OH is 1.